The van der Waals surface area contributed by atoms with Crippen molar-refractivity contribution in [3.8, 4) is 11.5 Å². The number of anilines is 1. The molecule has 1 atom stereocenters. The first kappa shape index (κ1) is 13.8. The smallest absolute Gasteiger partial charge is 0.319 e. The molecule has 0 radical (unpaired) electrons. The van der Waals surface area contributed by atoms with Crippen molar-refractivity contribution in [3.63, 3.8) is 0 Å². The van der Waals surface area contributed by atoms with Crippen LogP contribution in [0.15, 0.2) is 12.1 Å². The first-order chi connectivity index (χ1) is 10.1. The summed E-state index contributed by atoms with van der Waals surface area (Å²) in [6.07, 6.45) is 0.280. The minimum Gasteiger partial charge on any atom is -0.486 e. The number of halogens is 1. The van der Waals surface area contributed by atoms with E-state index in [1.54, 1.807) is 12.1 Å². The lowest BCUT2D eigenvalue weighted by Gasteiger charge is -2.20. The third kappa shape index (κ3) is 3.13. The van der Waals surface area contributed by atoms with Crippen molar-refractivity contribution in [2.75, 3.05) is 25.1 Å². The second-order valence-corrected chi connectivity index (χ2v) is 5.19. The Hall–Kier alpha value is -2.15. The minimum absolute atomic E-state index is 0.0716. The third-order valence-corrected chi connectivity index (χ3v) is 3.51. The van der Waals surface area contributed by atoms with Gasteiger partial charge in [-0.2, -0.15) is 0 Å². The first-order valence-corrected chi connectivity index (χ1v) is 6.93. The fourth-order valence-corrected chi connectivity index (χ4v) is 2.41. The summed E-state index contributed by atoms with van der Waals surface area (Å²) in [6.45, 7) is 1.36. The maximum Gasteiger partial charge on any atom is 0.319 e. The predicted molar refractivity (Wildman–Crippen MR) is 76.0 cm³/mol. The molecule has 3 rings (SSSR count). The van der Waals surface area contributed by atoms with Crippen LogP contribution >= 0.6 is 11.6 Å². The molecule has 0 saturated carbocycles. The maximum atomic E-state index is 11.9. The Labute approximate surface area is 125 Å². The number of hydrogen-bond donors (Lipinski definition) is 3. The van der Waals surface area contributed by atoms with E-state index in [0.29, 0.717) is 42.0 Å². The Kier molecular flexibility index (Phi) is 3.74. The van der Waals surface area contributed by atoms with Gasteiger partial charge < -0.3 is 25.4 Å². The standard InChI is InChI=1S/C13H14ClN3O4/c14-8-4-10-11(21-2-1-20-10)5-9(8)17-13(19)16-7-3-12(18)15-6-7/h4-5,7H,1-3,6H2,(H,15,18)(H2,16,17,19)/t7-/m1/s1. The molecular formula is C13H14ClN3O4. The Balaban J connectivity index is 1.66. The lowest BCUT2D eigenvalue weighted by Crippen LogP contribution is -2.39. The zero-order chi connectivity index (χ0) is 14.8. The summed E-state index contributed by atoms with van der Waals surface area (Å²) >= 11 is 6.10. The molecule has 0 bridgehead atoms. The van der Waals surface area contributed by atoms with Crippen LogP contribution in [0.25, 0.3) is 0 Å². The number of fused-ring (bicyclic) bond motifs is 1. The molecule has 7 nitrogen and oxygen atoms in total. The average Bonchev–Trinajstić information content (AvgIpc) is 2.85. The zero-order valence-corrected chi connectivity index (χ0v) is 11.8. The highest BCUT2D eigenvalue weighted by atomic mass is 35.5. The van der Waals surface area contributed by atoms with Gasteiger partial charge in [-0.25, -0.2) is 4.79 Å². The van der Waals surface area contributed by atoms with Crippen molar-refractivity contribution in [3.05, 3.63) is 17.2 Å². The zero-order valence-electron chi connectivity index (χ0n) is 11.1. The van der Waals surface area contributed by atoms with Crippen molar-refractivity contribution in [2.45, 2.75) is 12.5 Å². The Morgan fingerprint density at radius 3 is 2.67 bits per heavy atom. The number of urea groups is 1. The SMILES string of the molecule is O=C1C[C@@H](NC(=O)Nc2cc3c(cc2Cl)OCCO3)CN1. The van der Waals surface area contributed by atoms with Gasteiger partial charge in [0.25, 0.3) is 0 Å². The molecule has 1 aromatic rings. The highest BCUT2D eigenvalue weighted by Gasteiger charge is 2.23. The van der Waals surface area contributed by atoms with Gasteiger partial charge in [0.1, 0.15) is 13.2 Å². The Morgan fingerprint density at radius 2 is 2.00 bits per heavy atom. The van der Waals surface area contributed by atoms with Crippen molar-refractivity contribution >= 4 is 29.2 Å². The third-order valence-electron chi connectivity index (χ3n) is 3.19. The van der Waals surface area contributed by atoms with Gasteiger partial charge in [0, 0.05) is 25.1 Å². The molecule has 0 spiro atoms. The molecule has 21 heavy (non-hydrogen) atoms. The summed E-state index contributed by atoms with van der Waals surface area (Å²) in [7, 11) is 0. The van der Waals surface area contributed by atoms with Crippen LogP contribution in [0.4, 0.5) is 10.5 Å². The lowest BCUT2D eigenvalue weighted by atomic mass is 10.2. The fourth-order valence-electron chi connectivity index (χ4n) is 2.21. The summed E-state index contributed by atoms with van der Waals surface area (Å²) in [5.41, 5.74) is 0.427. The quantitative estimate of drug-likeness (QED) is 0.763. The summed E-state index contributed by atoms with van der Waals surface area (Å²) in [5.74, 6) is 1.03. The molecular weight excluding hydrogens is 298 g/mol. The maximum absolute atomic E-state index is 11.9. The molecule has 3 amide bonds. The molecule has 3 N–H and O–H groups in total. The lowest BCUT2D eigenvalue weighted by molar-refractivity contribution is -0.119. The Bertz CT molecular complexity index is 593. The molecule has 1 aromatic carbocycles. The van der Waals surface area contributed by atoms with Gasteiger partial charge in [-0.1, -0.05) is 11.6 Å². The van der Waals surface area contributed by atoms with Crippen molar-refractivity contribution < 1.29 is 19.1 Å². The first-order valence-electron chi connectivity index (χ1n) is 6.55. The molecule has 112 valence electrons. The van der Waals surface area contributed by atoms with E-state index in [2.05, 4.69) is 16.0 Å². The van der Waals surface area contributed by atoms with Crippen molar-refractivity contribution in [2.24, 2.45) is 0 Å². The van der Waals surface area contributed by atoms with Crippen LogP contribution in [-0.4, -0.2) is 37.7 Å². The van der Waals surface area contributed by atoms with E-state index >= 15 is 0 Å². The highest BCUT2D eigenvalue weighted by Crippen LogP contribution is 2.37. The van der Waals surface area contributed by atoms with Crippen LogP contribution in [0.3, 0.4) is 0 Å². The molecule has 2 heterocycles. The van der Waals surface area contributed by atoms with E-state index in [0.717, 1.165) is 0 Å². The van der Waals surface area contributed by atoms with Gasteiger partial charge in [-0.05, 0) is 0 Å². The predicted octanol–water partition coefficient (Wildman–Crippen LogP) is 1.12. The van der Waals surface area contributed by atoms with Crippen LogP contribution in [0.1, 0.15) is 6.42 Å². The van der Waals surface area contributed by atoms with Gasteiger partial charge >= 0.3 is 6.03 Å². The highest BCUT2D eigenvalue weighted by molar-refractivity contribution is 6.34. The Morgan fingerprint density at radius 1 is 1.29 bits per heavy atom. The van der Waals surface area contributed by atoms with E-state index in [1.807, 2.05) is 0 Å². The summed E-state index contributed by atoms with van der Waals surface area (Å²) in [6, 6.07) is 2.59. The van der Waals surface area contributed by atoms with Crippen LogP contribution in [0.2, 0.25) is 5.02 Å². The number of ether oxygens (including phenoxy) is 2. The summed E-state index contributed by atoms with van der Waals surface area (Å²) < 4.78 is 10.8. The number of rotatable bonds is 2. The minimum atomic E-state index is -0.421. The molecule has 8 heteroatoms. The van der Waals surface area contributed by atoms with E-state index in [9.17, 15) is 9.59 Å². The van der Waals surface area contributed by atoms with Crippen LogP contribution in [0.5, 0.6) is 11.5 Å². The van der Waals surface area contributed by atoms with E-state index < -0.39 is 6.03 Å². The number of benzene rings is 1. The van der Waals surface area contributed by atoms with Gasteiger partial charge in [-0.15, -0.1) is 0 Å². The number of amides is 3. The molecule has 0 aromatic heterocycles. The monoisotopic (exact) mass is 311 g/mol. The number of nitrogens with one attached hydrogen (secondary N) is 3. The van der Waals surface area contributed by atoms with Crippen molar-refractivity contribution in [1.29, 1.82) is 0 Å². The number of carbonyl (C=O) groups excluding carboxylic acids is 2. The van der Waals surface area contributed by atoms with Gasteiger partial charge in [0.2, 0.25) is 5.91 Å². The van der Waals surface area contributed by atoms with Gasteiger partial charge in [0.05, 0.1) is 16.8 Å². The molecule has 2 aliphatic heterocycles. The van der Waals surface area contributed by atoms with Crippen molar-refractivity contribution in [1.82, 2.24) is 10.6 Å². The summed E-state index contributed by atoms with van der Waals surface area (Å²) in [5, 5.41) is 8.35. The molecule has 1 fully saturated rings. The summed E-state index contributed by atoms with van der Waals surface area (Å²) in [4.78, 5) is 23.0. The van der Waals surface area contributed by atoms with Crippen LogP contribution in [0, 0.1) is 0 Å². The topological polar surface area (TPSA) is 88.7 Å². The molecule has 2 aliphatic rings. The van der Waals surface area contributed by atoms with Crippen LogP contribution in [-0.2, 0) is 4.79 Å². The average molecular weight is 312 g/mol. The molecule has 0 aliphatic carbocycles. The number of hydrogen-bond acceptors (Lipinski definition) is 4. The van der Waals surface area contributed by atoms with E-state index in [-0.39, 0.29) is 18.4 Å². The second-order valence-electron chi connectivity index (χ2n) is 4.78. The fraction of sp³-hybridized carbons (Fsp3) is 0.385. The van der Waals surface area contributed by atoms with Crippen LogP contribution < -0.4 is 25.4 Å². The largest absolute Gasteiger partial charge is 0.486 e. The van der Waals surface area contributed by atoms with E-state index in [4.69, 9.17) is 21.1 Å². The van der Waals surface area contributed by atoms with Gasteiger partial charge in [0.15, 0.2) is 11.5 Å². The second kappa shape index (κ2) is 5.69. The van der Waals surface area contributed by atoms with Gasteiger partial charge in [-0.3, -0.25) is 4.79 Å². The normalized spacial score (nSPS) is 19.9. The molecule has 0 unspecified atom stereocenters. The van der Waals surface area contributed by atoms with E-state index in [1.165, 1.54) is 0 Å². The molecule has 1 saturated heterocycles. The number of carbonyl (C=O) groups is 2.